The second-order valence-corrected chi connectivity index (χ2v) is 25.2. The van der Waals surface area contributed by atoms with Crippen LogP contribution in [0.15, 0.2) is 115 Å². The number of ketones is 2. The van der Waals surface area contributed by atoms with Gasteiger partial charge in [-0.25, -0.2) is 0 Å². The van der Waals surface area contributed by atoms with Crippen LogP contribution in [-0.4, -0.2) is 70.8 Å². The number of rotatable bonds is 5. The van der Waals surface area contributed by atoms with Gasteiger partial charge in [0.05, 0.1) is 31.7 Å². The molecule has 0 radical (unpaired) electrons. The van der Waals surface area contributed by atoms with Crippen LogP contribution in [0.2, 0.25) is 0 Å². The van der Waals surface area contributed by atoms with Gasteiger partial charge >= 0.3 is 0 Å². The number of benzene rings is 4. The number of carbonyl (C=O) groups is 2. The molecule has 7 N–H and O–H groups in total. The number of phenols is 1. The highest BCUT2D eigenvalue weighted by Crippen LogP contribution is 2.52. The van der Waals surface area contributed by atoms with Crippen LogP contribution in [0.4, 0.5) is 5.69 Å². The Hall–Kier alpha value is -6.12. The third kappa shape index (κ3) is 12.8. The fraction of sp³-hybridized carbons (Fsp3) is 0.514. The van der Waals surface area contributed by atoms with Gasteiger partial charge in [0.1, 0.15) is 17.4 Å². The summed E-state index contributed by atoms with van der Waals surface area (Å²) in [4.78, 5) is 33.5. The standard InChI is InChI=1S/C70H86N4O6/c1-45-42-71-44-59(76)34-47-16-18-50-19-22-57(36-54(50)31-47)74-68-35-48(26-29-72-68)30-49-32-52-21-25-60(51-14-8-4-9-15-51)62-41-65(78)66(80-2)38-53(62)20-23-58(75)40-64(77)63(52)37-55(33-49)61(24-17-46-12-6-3-7-13-46)69(79)70(27-10-5-11-28-70)67-39-56(45)43-73-67/h4,8-9,14-16,18-19,22,26,31,35-36,38-39,41,43,45-46,49,52,55,59-61,63,69,71-74,76,78-79H,3,5-7,10-13,17,20,23-24,27-30,32-34,37,40,42,44H2,1-2H3. The van der Waals surface area contributed by atoms with Crippen LogP contribution >= 0.6 is 0 Å². The molecule has 4 aliphatic carbocycles. The number of aromatic hydroxyl groups is 1. The SMILES string of the molecule is COc1cc2c(cc1O)C(c1ccccc1)C#CC1CC3CC4=CCNC(=C4)Nc4ccc5ccc(cc5c4)CC(O)CNCC(C)c4c[nH]c(c4)C4(CCCCC4)C(O)C(CCC4CCCCC4)C(C3)CC1C(=O)CC(=O)CC2. The van der Waals surface area contributed by atoms with E-state index in [4.69, 9.17) is 4.74 Å². The predicted octanol–water partition coefficient (Wildman–Crippen LogP) is 12.9. The first-order chi connectivity index (χ1) is 39.0. The lowest BCUT2D eigenvalue weighted by Crippen LogP contribution is -2.48. The van der Waals surface area contributed by atoms with Crippen molar-refractivity contribution in [1.82, 2.24) is 15.6 Å². The number of phenolic OH excluding ortho intramolecular Hbond substituents is 1. The van der Waals surface area contributed by atoms with E-state index in [1.807, 2.05) is 24.3 Å². The number of Topliss-reactive ketones (excluding diaryl/α,β-unsaturated/α-hetero) is 2. The molecule has 9 unspecified atom stereocenters. The van der Waals surface area contributed by atoms with Crippen molar-refractivity contribution in [3.63, 3.8) is 0 Å². The number of dihydropyridines is 1. The minimum Gasteiger partial charge on any atom is -0.504 e. The average molecular weight is 1080 g/mol. The van der Waals surface area contributed by atoms with Crippen molar-refractivity contribution in [2.45, 2.75) is 165 Å². The summed E-state index contributed by atoms with van der Waals surface area (Å²) < 4.78 is 5.61. The van der Waals surface area contributed by atoms with Crippen molar-refractivity contribution in [2.75, 3.05) is 32.1 Å². The Balaban J connectivity index is 1.04. The molecule has 6 aliphatic rings. The fourth-order valence-electron chi connectivity index (χ4n) is 15.4. The number of hydrogen-bond donors (Lipinski definition) is 7. The normalized spacial score (nSPS) is 28.1. The third-order valence-corrected chi connectivity index (χ3v) is 19.8. The summed E-state index contributed by atoms with van der Waals surface area (Å²) in [7, 11) is 1.54. The molecular weight excluding hydrogens is 993 g/mol. The second-order valence-electron chi connectivity index (χ2n) is 25.2. The molecule has 10 heteroatoms. The molecule has 9 atom stereocenters. The van der Waals surface area contributed by atoms with Crippen LogP contribution < -0.4 is 20.7 Å². The van der Waals surface area contributed by atoms with Crippen LogP contribution in [0.1, 0.15) is 168 Å². The number of fused-ring (bicyclic) bond motifs is 10. The maximum atomic E-state index is 15.4. The smallest absolute Gasteiger partial charge is 0.160 e. The summed E-state index contributed by atoms with van der Waals surface area (Å²) in [5, 5.41) is 49.8. The highest BCUT2D eigenvalue weighted by Gasteiger charge is 2.49. The lowest BCUT2D eigenvalue weighted by Gasteiger charge is -2.47. The number of aromatic nitrogens is 1. The quantitative estimate of drug-likeness (QED) is 0.0673. The minimum absolute atomic E-state index is 0.000974. The van der Waals surface area contributed by atoms with Crippen LogP contribution in [0.5, 0.6) is 11.5 Å². The zero-order chi connectivity index (χ0) is 55.2. The minimum atomic E-state index is -0.653. The van der Waals surface area contributed by atoms with Gasteiger partial charge in [-0.05, 0) is 168 Å². The van der Waals surface area contributed by atoms with Crippen molar-refractivity contribution < 1.29 is 29.6 Å². The number of aromatic amines is 1. The molecule has 3 saturated carbocycles. The molecule has 1 spiro atoms. The fourth-order valence-corrected chi connectivity index (χ4v) is 15.4. The number of H-pyrrole nitrogens is 1. The number of β-amino-alcohol motifs (C(OH)–C–C–N with tert-alkyl or cyclic N) is 1. The monoisotopic (exact) mass is 1080 g/mol. The summed E-state index contributed by atoms with van der Waals surface area (Å²) in [6.07, 6.45) is 22.6. The number of anilines is 1. The molecule has 0 saturated heterocycles. The van der Waals surface area contributed by atoms with Gasteiger partial charge in [-0.15, -0.1) is 0 Å². The summed E-state index contributed by atoms with van der Waals surface area (Å²) in [6, 6.07) is 29.1. The Morgan fingerprint density at radius 3 is 2.42 bits per heavy atom. The number of carbonyl (C=O) groups excluding carboxylic acids is 2. The lowest BCUT2D eigenvalue weighted by molar-refractivity contribution is -0.130. The van der Waals surface area contributed by atoms with E-state index in [1.165, 1.54) is 50.4 Å². The van der Waals surface area contributed by atoms with Crippen LogP contribution in [0.3, 0.4) is 0 Å². The Labute approximate surface area is 475 Å². The van der Waals surface area contributed by atoms with Crippen LogP contribution in [0, 0.1) is 47.3 Å². The predicted molar refractivity (Wildman–Crippen MR) is 320 cm³/mol. The molecule has 2 aliphatic heterocycles. The van der Waals surface area contributed by atoms with Gasteiger partial charge in [0.25, 0.3) is 0 Å². The van der Waals surface area contributed by atoms with E-state index in [9.17, 15) is 20.1 Å². The molecule has 10 nitrogen and oxygen atoms in total. The van der Waals surface area contributed by atoms with Gasteiger partial charge in [-0.2, -0.15) is 0 Å². The van der Waals surface area contributed by atoms with E-state index >= 15 is 4.79 Å². The van der Waals surface area contributed by atoms with E-state index in [1.54, 1.807) is 6.07 Å². The molecule has 80 heavy (non-hydrogen) atoms. The maximum absolute atomic E-state index is 15.4. The van der Waals surface area contributed by atoms with Crippen LogP contribution in [-0.2, 0) is 27.8 Å². The van der Waals surface area contributed by atoms with E-state index in [2.05, 4.69) is 113 Å². The number of allylic oxidation sites excluding steroid dienone is 2. The van der Waals surface area contributed by atoms with Gasteiger partial charge in [0, 0.05) is 60.9 Å². The van der Waals surface area contributed by atoms with Crippen LogP contribution in [0.25, 0.3) is 10.8 Å². The Kier molecular flexibility index (Phi) is 17.7. The first-order valence-corrected chi connectivity index (χ1v) is 30.7. The number of nitrogens with one attached hydrogen (secondary N) is 4. The lowest BCUT2D eigenvalue weighted by atomic mass is 9.60. The number of methoxy groups -OCH3 is 1. The van der Waals surface area contributed by atoms with E-state index < -0.39 is 29.5 Å². The van der Waals surface area contributed by atoms with Crippen molar-refractivity contribution in [2.24, 2.45) is 35.5 Å². The number of aliphatic hydroxyl groups is 2. The molecule has 11 rings (SSSR count). The highest BCUT2D eigenvalue weighted by molar-refractivity contribution is 6.00. The topological polar surface area (TPSA) is 156 Å². The van der Waals surface area contributed by atoms with Crippen molar-refractivity contribution in [1.29, 1.82) is 0 Å². The Morgan fingerprint density at radius 1 is 0.787 bits per heavy atom. The number of aliphatic hydroxyl groups excluding tert-OH is 2. The summed E-state index contributed by atoms with van der Waals surface area (Å²) >= 11 is 0. The van der Waals surface area contributed by atoms with Gasteiger partial charge in [-0.1, -0.05) is 137 Å². The number of hydrogen-bond acceptors (Lipinski definition) is 9. The molecule has 422 valence electrons. The molecule has 0 amide bonds. The maximum Gasteiger partial charge on any atom is 0.160 e. The van der Waals surface area contributed by atoms with Crippen molar-refractivity contribution in [3.05, 3.63) is 148 Å². The Morgan fingerprint density at radius 2 is 1.60 bits per heavy atom. The van der Waals surface area contributed by atoms with E-state index in [0.717, 1.165) is 108 Å². The molecule has 3 heterocycles. The first kappa shape index (κ1) is 55.8. The first-order valence-electron chi connectivity index (χ1n) is 30.7. The number of ether oxygens (including phenoxy) is 1. The summed E-state index contributed by atoms with van der Waals surface area (Å²) in [5.74, 6) is 8.42. The summed E-state index contributed by atoms with van der Waals surface area (Å²) in [6.45, 7) is 4.11. The van der Waals surface area contributed by atoms with Gasteiger partial charge < -0.3 is 41.0 Å². The third-order valence-electron chi connectivity index (χ3n) is 19.8. The van der Waals surface area contributed by atoms with Gasteiger partial charge in [0.2, 0.25) is 0 Å². The zero-order valence-corrected chi connectivity index (χ0v) is 47.4. The van der Waals surface area contributed by atoms with Crippen molar-refractivity contribution in [3.8, 4) is 23.3 Å². The van der Waals surface area contributed by atoms with Gasteiger partial charge in [0.15, 0.2) is 11.5 Å². The highest BCUT2D eigenvalue weighted by atomic mass is 16.5. The molecule has 3 fully saturated rings. The average Bonchev–Trinajstić information content (AvgIpc) is 4.13. The zero-order valence-electron chi connectivity index (χ0n) is 47.4. The summed E-state index contributed by atoms with van der Waals surface area (Å²) in [5.41, 5.74) is 7.85. The second kappa shape index (κ2) is 25.3. The number of aryl methyl sites for hydroxylation is 1. The largest absolute Gasteiger partial charge is 0.504 e. The Bertz CT molecular complexity index is 3100. The molecule has 1 aromatic heterocycles. The molecule has 5 aromatic rings. The van der Waals surface area contributed by atoms with Crippen molar-refractivity contribution >= 4 is 28.0 Å². The molecule has 9 bridgehead atoms. The van der Waals surface area contributed by atoms with E-state index in [-0.39, 0.29) is 59.7 Å². The molecular formula is C70H86N4O6. The molecule has 4 aromatic carbocycles. The van der Waals surface area contributed by atoms with E-state index in [0.29, 0.717) is 57.0 Å². The van der Waals surface area contributed by atoms with Gasteiger partial charge in [-0.3, -0.25) is 9.59 Å².